The molecule has 0 bridgehead atoms. The number of methoxy groups -OCH3 is 1. The van der Waals surface area contributed by atoms with Gasteiger partial charge in [-0.25, -0.2) is 9.18 Å². The van der Waals surface area contributed by atoms with E-state index in [1.165, 1.54) is 25.3 Å². The van der Waals surface area contributed by atoms with Gasteiger partial charge in [0.1, 0.15) is 5.82 Å². The van der Waals surface area contributed by atoms with Crippen LogP contribution in [0.1, 0.15) is 0 Å². The lowest BCUT2D eigenvalue weighted by Crippen LogP contribution is -2.23. The van der Waals surface area contributed by atoms with Crippen LogP contribution in [0.2, 0.25) is 0 Å². The first-order valence-corrected chi connectivity index (χ1v) is 7.05. The molecule has 2 rings (SSSR count). The molecule has 0 unspecified atom stereocenters. The van der Waals surface area contributed by atoms with Crippen LogP contribution in [-0.2, 0) is 14.3 Å². The molecule has 0 saturated heterocycles. The number of ether oxygens (including phenoxy) is 3. The average Bonchev–Trinajstić information content (AvgIpc) is 2.58. The van der Waals surface area contributed by atoms with Gasteiger partial charge >= 0.3 is 5.97 Å². The molecule has 7 heteroatoms. The maximum atomic E-state index is 13.0. The van der Waals surface area contributed by atoms with Gasteiger partial charge in [0.25, 0.3) is 5.91 Å². The van der Waals surface area contributed by atoms with E-state index in [9.17, 15) is 14.0 Å². The summed E-state index contributed by atoms with van der Waals surface area (Å²) in [7, 11) is 1.48. The molecular weight excluding hydrogens is 317 g/mol. The van der Waals surface area contributed by atoms with Crippen molar-refractivity contribution in [2.75, 3.05) is 25.6 Å². The molecule has 126 valence electrons. The zero-order chi connectivity index (χ0) is 17.4. The number of halogens is 1. The van der Waals surface area contributed by atoms with Crippen molar-refractivity contribution in [2.45, 2.75) is 0 Å². The minimum Gasteiger partial charge on any atom is -0.493 e. The van der Waals surface area contributed by atoms with Gasteiger partial charge in [-0.3, -0.25) is 4.79 Å². The standard InChI is InChI=1S/C17H16FNO5/c1-22-14-7-2-3-8-15(14)23-11-17(21)24-10-16(20)19-13-6-4-5-12(18)9-13/h2-9H,10-11H2,1H3,(H,19,20). The van der Waals surface area contributed by atoms with Gasteiger partial charge in [-0.15, -0.1) is 0 Å². The third kappa shape index (κ3) is 5.28. The Hall–Kier alpha value is -3.09. The highest BCUT2D eigenvalue weighted by Crippen LogP contribution is 2.25. The molecule has 6 nitrogen and oxygen atoms in total. The minimum atomic E-state index is -0.713. The van der Waals surface area contributed by atoms with Crippen LogP contribution < -0.4 is 14.8 Å². The molecule has 2 aromatic rings. The Kier molecular flexibility index (Phi) is 6.13. The van der Waals surface area contributed by atoms with Crippen LogP contribution in [0.5, 0.6) is 11.5 Å². The number of para-hydroxylation sites is 2. The van der Waals surface area contributed by atoms with Crippen molar-refractivity contribution >= 4 is 17.6 Å². The number of anilines is 1. The summed E-state index contributed by atoms with van der Waals surface area (Å²) < 4.78 is 28.1. The summed E-state index contributed by atoms with van der Waals surface area (Å²) in [5.74, 6) is -0.896. The number of benzene rings is 2. The summed E-state index contributed by atoms with van der Waals surface area (Å²) >= 11 is 0. The number of nitrogens with one attached hydrogen (secondary N) is 1. The molecule has 1 amide bonds. The summed E-state index contributed by atoms with van der Waals surface area (Å²) in [5, 5.41) is 2.41. The van der Waals surface area contributed by atoms with E-state index in [1.807, 2.05) is 0 Å². The highest BCUT2D eigenvalue weighted by molar-refractivity contribution is 5.92. The third-order valence-electron chi connectivity index (χ3n) is 2.89. The van der Waals surface area contributed by atoms with Crippen molar-refractivity contribution in [3.8, 4) is 11.5 Å². The minimum absolute atomic E-state index is 0.279. The van der Waals surface area contributed by atoms with E-state index in [1.54, 1.807) is 24.3 Å². The number of hydrogen-bond acceptors (Lipinski definition) is 5. The molecule has 0 atom stereocenters. The van der Waals surface area contributed by atoms with E-state index in [4.69, 9.17) is 14.2 Å². The second kappa shape index (κ2) is 8.52. The molecule has 0 heterocycles. The summed E-state index contributed by atoms with van der Waals surface area (Å²) in [6.07, 6.45) is 0. The molecule has 0 spiro atoms. The van der Waals surface area contributed by atoms with Gasteiger partial charge in [0, 0.05) is 5.69 Å². The first-order valence-electron chi connectivity index (χ1n) is 7.05. The van der Waals surface area contributed by atoms with Crippen molar-refractivity contribution in [1.82, 2.24) is 0 Å². The van der Waals surface area contributed by atoms with Crippen molar-refractivity contribution in [2.24, 2.45) is 0 Å². The number of carbonyl (C=O) groups is 2. The smallest absolute Gasteiger partial charge is 0.344 e. The van der Waals surface area contributed by atoms with Crippen LogP contribution in [0.15, 0.2) is 48.5 Å². The molecule has 0 fully saturated rings. The van der Waals surface area contributed by atoms with Crippen molar-refractivity contribution in [1.29, 1.82) is 0 Å². The number of rotatable bonds is 7. The number of hydrogen-bond donors (Lipinski definition) is 1. The molecule has 0 aliphatic heterocycles. The summed E-state index contributed by atoms with van der Waals surface area (Å²) in [5.41, 5.74) is 0.279. The van der Waals surface area contributed by atoms with Gasteiger partial charge in [0.2, 0.25) is 0 Å². The quantitative estimate of drug-likeness (QED) is 0.788. The number of esters is 1. The van der Waals surface area contributed by atoms with Crippen LogP contribution >= 0.6 is 0 Å². The lowest BCUT2D eigenvalue weighted by molar-refractivity contribution is -0.149. The van der Waals surface area contributed by atoms with Gasteiger partial charge in [-0.2, -0.15) is 0 Å². The lowest BCUT2D eigenvalue weighted by Gasteiger charge is -2.10. The topological polar surface area (TPSA) is 73.9 Å². The van der Waals surface area contributed by atoms with Crippen LogP contribution in [0.3, 0.4) is 0 Å². The van der Waals surface area contributed by atoms with Gasteiger partial charge in [-0.1, -0.05) is 18.2 Å². The van der Waals surface area contributed by atoms with Gasteiger partial charge < -0.3 is 19.5 Å². The largest absolute Gasteiger partial charge is 0.493 e. The van der Waals surface area contributed by atoms with Crippen LogP contribution in [-0.4, -0.2) is 32.2 Å². The first-order chi connectivity index (χ1) is 11.6. The Balaban J connectivity index is 1.75. The SMILES string of the molecule is COc1ccccc1OCC(=O)OCC(=O)Nc1cccc(F)c1. The predicted molar refractivity (Wildman–Crippen MR) is 84.5 cm³/mol. The van der Waals surface area contributed by atoms with E-state index in [-0.39, 0.29) is 12.3 Å². The van der Waals surface area contributed by atoms with E-state index >= 15 is 0 Å². The summed E-state index contributed by atoms with van der Waals surface area (Å²) in [6, 6.07) is 12.2. The van der Waals surface area contributed by atoms with Gasteiger partial charge in [0.05, 0.1) is 7.11 Å². The van der Waals surface area contributed by atoms with Gasteiger partial charge in [0.15, 0.2) is 24.7 Å². The van der Waals surface area contributed by atoms with Crippen LogP contribution in [0.4, 0.5) is 10.1 Å². The monoisotopic (exact) mass is 333 g/mol. The second-order valence-corrected chi connectivity index (χ2v) is 4.66. The normalized spacial score (nSPS) is 9.92. The fraction of sp³-hybridized carbons (Fsp3) is 0.176. The molecule has 0 aromatic heterocycles. The molecule has 24 heavy (non-hydrogen) atoms. The fourth-order valence-corrected chi connectivity index (χ4v) is 1.83. The molecule has 1 N–H and O–H groups in total. The molecule has 2 aromatic carbocycles. The molecule has 0 radical (unpaired) electrons. The first kappa shape index (κ1) is 17.3. The Morgan fingerprint density at radius 1 is 1.04 bits per heavy atom. The van der Waals surface area contributed by atoms with E-state index in [0.29, 0.717) is 11.5 Å². The van der Waals surface area contributed by atoms with Crippen LogP contribution in [0, 0.1) is 5.82 Å². The Bertz CT molecular complexity index is 720. The van der Waals surface area contributed by atoms with Gasteiger partial charge in [-0.05, 0) is 30.3 Å². The Labute approximate surface area is 138 Å². The zero-order valence-corrected chi connectivity index (χ0v) is 13.0. The average molecular weight is 333 g/mol. The maximum Gasteiger partial charge on any atom is 0.344 e. The molecule has 0 saturated carbocycles. The lowest BCUT2D eigenvalue weighted by atomic mass is 10.3. The van der Waals surface area contributed by atoms with E-state index in [2.05, 4.69) is 5.32 Å². The maximum absolute atomic E-state index is 13.0. The molecule has 0 aliphatic carbocycles. The summed E-state index contributed by atoms with van der Waals surface area (Å²) in [6.45, 7) is -0.863. The Morgan fingerprint density at radius 2 is 1.79 bits per heavy atom. The highest BCUT2D eigenvalue weighted by Gasteiger charge is 2.10. The van der Waals surface area contributed by atoms with E-state index in [0.717, 1.165) is 6.07 Å². The van der Waals surface area contributed by atoms with Crippen molar-refractivity contribution in [3.05, 3.63) is 54.3 Å². The molecular formula is C17H16FNO5. The van der Waals surface area contributed by atoms with Crippen LogP contribution in [0.25, 0.3) is 0 Å². The number of carbonyl (C=O) groups excluding carboxylic acids is 2. The third-order valence-corrected chi connectivity index (χ3v) is 2.89. The number of amides is 1. The summed E-state index contributed by atoms with van der Waals surface area (Å²) in [4.78, 5) is 23.2. The molecule has 0 aliphatic rings. The predicted octanol–water partition coefficient (Wildman–Crippen LogP) is 2.40. The zero-order valence-electron chi connectivity index (χ0n) is 13.0. The highest BCUT2D eigenvalue weighted by atomic mass is 19.1. The Morgan fingerprint density at radius 3 is 2.50 bits per heavy atom. The van der Waals surface area contributed by atoms with Crippen molar-refractivity contribution in [3.63, 3.8) is 0 Å². The van der Waals surface area contributed by atoms with E-state index < -0.39 is 24.3 Å². The van der Waals surface area contributed by atoms with Crippen molar-refractivity contribution < 1.29 is 28.2 Å². The second-order valence-electron chi connectivity index (χ2n) is 4.66. The fourth-order valence-electron chi connectivity index (χ4n) is 1.83.